The van der Waals surface area contributed by atoms with Crippen LogP contribution in [-0.4, -0.2) is 27.8 Å². The molecule has 1 saturated heterocycles. The van der Waals surface area contributed by atoms with E-state index in [2.05, 4.69) is 74.4 Å². The van der Waals surface area contributed by atoms with Crippen molar-refractivity contribution in [1.82, 2.24) is 10.3 Å². The van der Waals surface area contributed by atoms with Crippen molar-refractivity contribution >= 4 is 10.8 Å². The lowest BCUT2D eigenvalue weighted by Gasteiger charge is -2.54. The molecule has 5 aliphatic rings. The molecule has 1 unspecified atom stereocenters. The highest BCUT2D eigenvalue weighted by atomic mass is 16.5. The van der Waals surface area contributed by atoms with E-state index in [9.17, 15) is 0 Å². The third-order valence-corrected chi connectivity index (χ3v) is 10.4. The van der Waals surface area contributed by atoms with Gasteiger partial charge in [-0.2, -0.15) is 0 Å². The summed E-state index contributed by atoms with van der Waals surface area (Å²) in [5.41, 5.74) is 4.88. The van der Waals surface area contributed by atoms with Crippen molar-refractivity contribution in [2.24, 2.45) is 11.3 Å². The fraction of sp³-hybridized carbons (Fsp3) is 0.594. The van der Waals surface area contributed by atoms with Crippen molar-refractivity contribution in [2.45, 2.75) is 108 Å². The molecule has 3 nitrogen and oxygen atoms in total. The van der Waals surface area contributed by atoms with Crippen LogP contribution in [0.1, 0.15) is 90.5 Å². The van der Waals surface area contributed by atoms with Gasteiger partial charge >= 0.3 is 0 Å². The minimum absolute atomic E-state index is 0.0382. The van der Waals surface area contributed by atoms with E-state index in [0.29, 0.717) is 17.9 Å². The summed E-state index contributed by atoms with van der Waals surface area (Å²) in [4.78, 5) is 4.39. The molecule has 35 heavy (non-hydrogen) atoms. The third kappa shape index (κ3) is 3.20. The normalized spacial score (nSPS) is 40.1. The molecule has 0 radical (unpaired) electrons. The number of ether oxygens (including phenoxy) is 1. The molecule has 3 aliphatic carbocycles. The highest BCUT2D eigenvalue weighted by molar-refractivity contribution is 5.82. The van der Waals surface area contributed by atoms with Crippen molar-refractivity contribution in [3.05, 3.63) is 65.5 Å². The third-order valence-electron chi connectivity index (χ3n) is 10.4. The highest BCUT2D eigenvalue weighted by Gasteiger charge is 2.66. The Labute approximate surface area is 210 Å². The van der Waals surface area contributed by atoms with Crippen molar-refractivity contribution in [1.29, 1.82) is 0 Å². The zero-order valence-corrected chi connectivity index (χ0v) is 21.9. The summed E-state index contributed by atoms with van der Waals surface area (Å²) in [6.07, 6.45) is 18.7. The fourth-order valence-corrected chi connectivity index (χ4v) is 9.01. The average molecular weight is 469 g/mol. The number of nitrogens with zero attached hydrogens (tertiary/aromatic N) is 1. The summed E-state index contributed by atoms with van der Waals surface area (Å²) in [5, 5.41) is 6.46. The molecule has 7 rings (SSSR count). The molecule has 3 heterocycles. The van der Waals surface area contributed by atoms with E-state index < -0.39 is 0 Å². The van der Waals surface area contributed by atoms with Gasteiger partial charge in [0, 0.05) is 29.4 Å². The van der Waals surface area contributed by atoms with E-state index in [4.69, 9.17) is 4.74 Å². The molecule has 2 spiro atoms. The van der Waals surface area contributed by atoms with Crippen LogP contribution >= 0.6 is 0 Å². The molecule has 1 aromatic carbocycles. The molecular formula is C32H40N2O. The molecule has 6 atom stereocenters. The molecule has 2 saturated carbocycles. The summed E-state index contributed by atoms with van der Waals surface area (Å²) in [6, 6.07) is 9.77. The van der Waals surface area contributed by atoms with E-state index in [-0.39, 0.29) is 22.2 Å². The van der Waals surface area contributed by atoms with Gasteiger partial charge in [-0.1, -0.05) is 31.2 Å². The molecule has 2 bridgehead atoms. The number of fused-ring (bicyclic) bond motifs is 2. The van der Waals surface area contributed by atoms with Gasteiger partial charge in [-0.05, 0) is 124 Å². The summed E-state index contributed by atoms with van der Waals surface area (Å²) in [7, 11) is 0. The van der Waals surface area contributed by atoms with Gasteiger partial charge in [0.25, 0.3) is 0 Å². The summed E-state index contributed by atoms with van der Waals surface area (Å²) < 4.78 is 7.47. The average Bonchev–Trinajstić information content (AvgIpc) is 3.33. The predicted molar refractivity (Wildman–Crippen MR) is 142 cm³/mol. The van der Waals surface area contributed by atoms with E-state index in [1.54, 1.807) is 5.57 Å². The van der Waals surface area contributed by atoms with Crippen molar-refractivity contribution in [3.63, 3.8) is 0 Å². The molecule has 3 fully saturated rings. The van der Waals surface area contributed by atoms with Crippen LogP contribution in [0.2, 0.25) is 0 Å². The van der Waals surface area contributed by atoms with Gasteiger partial charge < -0.3 is 10.1 Å². The Morgan fingerprint density at radius 2 is 1.94 bits per heavy atom. The van der Waals surface area contributed by atoms with Gasteiger partial charge in [0.2, 0.25) is 0 Å². The summed E-state index contributed by atoms with van der Waals surface area (Å²) in [6.45, 7) is 9.46. The second-order valence-corrected chi connectivity index (χ2v) is 13.5. The number of pyridine rings is 1. The molecule has 1 N–H and O–H groups in total. The van der Waals surface area contributed by atoms with Gasteiger partial charge in [0.1, 0.15) is 0 Å². The first-order chi connectivity index (χ1) is 16.7. The Morgan fingerprint density at radius 1 is 1.06 bits per heavy atom. The smallest absolute Gasteiger partial charge is 0.0974 e. The summed E-state index contributed by atoms with van der Waals surface area (Å²) >= 11 is 0. The number of hydrogen-bond donors (Lipinski definition) is 1. The zero-order chi connectivity index (χ0) is 24.1. The van der Waals surface area contributed by atoms with Gasteiger partial charge in [0.05, 0.1) is 11.2 Å². The van der Waals surface area contributed by atoms with E-state index >= 15 is 0 Å². The number of nitrogens with one attached hydrogen (secondary N) is 1. The van der Waals surface area contributed by atoms with E-state index in [0.717, 1.165) is 6.42 Å². The molecule has 184 valence electrons. The van der Waals surface area contributed by atoms with Crippen LogP contribution in [0.4, 0.5) is 0 Å². The van der Waals surface area contributed by atoms with Gasteiger partial charge in [0.15, 0.2) is 0 Å². The number of benzene rings is 1. The lowest BCUT2D eigenvalue weighted by Crippen LogP contribution is -2.56. The number of aromatic nitrogens is 1. The maximum atomic E-state index is 7.47. The zero-order valence-electron chi connectivity index (χ0n) is 21.9. The van der Waals surface area contributed by atoms with Crippen molar-refractivity contribution in [2.75, 3.05) is 0 Å². The van der Waals surface area contributed by atoms with E-state index in [1.165, 1.54) is 66.9 Å². The highest BCUT2D eigenvalue weighted by Crippen LogP contribution is 2.69. The van der Waals surface area contributed by atoms with Crippen LogP contribution in [0.15, 0.2) is 60.0 Å². The molecule has 2 aromatic rings. The van der Waals surface area contributed by atoms with E-state index in [1.807, 2.05) is 12.4 Å². The SMILES string of the molecule is CC(C)(C)N[C@H]1CCC2=CC3=CC[C@]4(C)C(c5ccc6ccncc6c5)CC[C@H]4[C@@]34CC[C@]2(C1)O4. The van der Waals surface area contributed by atoms with Crippen molar-refractivity contribution in [3.8, 4) is 0 Å². The number of allylic oxidation sites excluding steroid dienone is 1. The molecule has 3 heteroatoms. The quantitative estimate of drug-likeness (QED) is 0.505. The first-order valence-corrected chi connectivity index (χ1v) is 13.9. The van der Waals surface area contributed by atoms with Crippen molar-refractivity contribution < 1.29 is 4.74 Å². The Bertz CT molecular complexity index is 1250. The lowest BCUT2D eigenvalue weighted by atomic mass is 9.58. The number of rotatable bonds is 2. The summed E-state index contributed by atoms with van der Waals surface area (Å²) in [5.74, 6) is 1.18. The van der Waals surface area contributed by atoms with Crippen LogP contribution in [-0.2, 0) is 4.74 Å². The standard InChI is InChI=1S/C32H40N2O/c1-29(2,3)34-26-8-7-24-18-25-11-13-30(4)27(22-6-5-21-12-16-33-20-23(21)17-22)9-10-28(30)32(25)15-14-31(24,19-26)35-32/h5-6,11-12,16-18,20,26-28,34H,7-10,13-15,19H2,1-4H3/t26-,27?,28+,30+,31+,32+/m0/s1. The predicted octanol–water partition coefficient (Wildman–Crippen LogP) is 7.23. The van der Waals surface area contributed by atoms with Gasteiger partial charge in [-0.3, -0.25) is 4.98 Å². The Hall–Kier alpha value is -1.97. The van der Waals surface area contributed by atoms with Crippen LogP contribution in [0.3, 0.4) is 0 Å². The second kappa shape index (κ2) is 7.29. The maximum absolute atomic E-state index is 7.47. The first-order valence-electron chi connectivity index (χ1n) is 13.9. The Balaban J connectivity index is 1.24. The van der Waals surface area contributed by atoms with Crippen LogP contribution in [0.5, 0.6) is 0 Å². The van der Waals surface area contributed by atoms with Crippen LogP contribution in [0, 0.1) is 11.3 Å². The molecular weight excluding hydrogens is 428 g/mol. The molecule has 0 amide bonds. The lowest BCUT2D eigenvalue weighted by molar-refractivity contribution is -0.136. The van der Waals surface area contributed by atoms with Crippen LogP contribution < -0.4 is 5.32 Å². The maximum Gasteiger partial charge on any atom is 0.0974 e. The second-order valence-electron chi connectivity index (χ2n) is 13.5. The Morgan fingerprint density at radius 3 is 2.80 bits per heavy atom. The monoisotopic (exact) mass is 468 g/mol. The largest absolute Gasteiger partial charge is 0.359 e. The first kappa shape index (κ1) is 22.2. The minimum Gasteiger partial charge on any atom is -0.359 e. The van der Waals surface area contributed by atoms with Crippen LogP contribution in [0.25, 0.3) is 10.8 Å². The fourth-order valence-electron chi connectivity index (χ4n) is 9.01. The Kier molecular flexibility index (Phi) is 4.64. The minimum atomic E-state index is -0.0761. The molecule has 2 aliphatic heterocycles. The topological polar surface area (TPSA) is 34.2 Å². The molecule has 1 aromatic heterocycles. The van der Waals surface area contributed by atoms with Gasteiger partial charge in [-0.15, -0.1) is 0 Å². The van der Waals surface area contributed by atoms with Gasteiger partial charge in [-0.25, -0.2) is 0 Å². The number of hydrogen-bond acceptors (Lipinski definition) is 3.